The normalized spacial score (nSPS) is 17.2. The summed E-state index contributed by atoms with van der Waals surface area (Å²) in [5, 5.41) is 4.60. The van der Waals surface area contributed by atoms with Crippen LogP contribution in [-0.2, 0) is 13.1 Å². The molecular weight excluding hydrogens is 288 g/mol. The van der Waals surface area contributed by atoms with Crippen LogP contribution in [0.15, 0.2) is 28.9 Å². The number of aryl methyl sites for hydroxylation is 1. The molecule has 1 fully saturated rings. The lowest BCUT2D eigenvalue weighted by Gasteiger charge is -2.34. The van der Waals surface area contributed by atoms with Gasteiger partial charge in [0.05, 0.1) is 5.69 Å². The maximum atomic E-state index is 5.81. The highest BCUT2D eigenvalue weighted by Gasteiger charge is 2.18. The van der Waals surface area contributed by atoms with Gasteiger partial charge in [-0.2, -0.15) is 0 Å². The largest absolute Gasteiger partial charge is 0.361 e. The van der Waals surface area contributed by atoms with Gasteiger partial charge in [0.1, 0.15) is 10.9 Å². The van der Waals surface area contributed by atoms with Crippen LogP contribution in [0.3, 0.4) is 0 Å². The molecule has 1 aliphatic rings. The molecule has 2 aromatic heterocycles. The molecule has 3 rings (SSSR count). The van der Waals surface area contributed by atoms with E-state index in [4.69, 9.17) is 16.1 Å². The maximum absolute atomic E-state index is 5.81. The average Bonchev–Trinajstić information content (AvgIpc) is 2.89. The Morgan fingerprint density at radius 3 is 2.43 bits per heavy atom. The van der Waals surface area contributed by atoms with Crippen LogP contribution in [0.4, 0.5) is 0 Å². The average molecular weight is 307 g/mol. The summed E-state index contributed by atoms with van der Waals surface area (Å²) in [6.07, 6.45) is 1.85. The fourth-order valence-electron chi connectivity index (χ4n) is 2.59. The molecule has 0 atom stereocenters. The molecule has 0 N–H and O–H groups in total. The summed E-state index contributed by atoms with van der Waals surface area (Å²) in [7, 11) is 0. The summed E-state index contributed by atoms with van der Waals surface area (Å²) < 4.78 is 5.11. The molecule has 6 heteroatoms. The first-order valence-electron chi connectivity index (χ1n) is 7.16. The minimum Gasteiger partial charge on any atom is -0.361 e. The molecule has 2 aromatic rings. The zero-order chi connectivity index (χ0) is 14.7. The first-order valence-corrected chi connectivity index (χ1v) is 7.54. The van der Waals surface area contributed by atoms with E-state index in [1.807, 2.05) is 31.3 Å². The number of piperazine rings is 1. The van der Waals surface area contributed by atoms with Gasteiger partial charge in [0, 0.05) is 51.5 Å². The Morgan fingerprint density at radius 2 is 1.86 bits per heavy atom. The molecule has 21 heavy (non-hydrogen) atoms. The predicted molar refractivity (Wildman–Crippen MR) is 81.0 cm³/mol. The minimum absolute atomic E-state index is 0.548. The van der Waals surface area contributed by atoms with Crippen LogP contribution in [-0.4, -0.2) is 46.1 Å². The lowest BCUT2D eigenvalue weighted by Crippen LogP contribution is -2.45. The molecule has 1 saturated heterocycles. The van der Waals surface area contributed by atoms with Crippen molar-refractivity contribution in [1.29, 1.82) is 0 Å². The van der Waals surface area contributed by atoms with Crippen LogP contribution in [0.5, 0.6) is 0 Å². The molecular formula is C15H19ClN4O. The van der Waals surface area contributed by atoms with Crippen molar-refractivity contribution < 1.29 is 4.52 Å². The molecule has 3 heterocycles. The van der Waals surface area contributed by atoms with Crippen molar-refractivity contribution in [3.05, 3.63) is 46.6 Å². The Morgan fingerprint density at radius 1 is 1.14 bits per heavy atom. The van der Waals surface area contributed by atoms with Gasteiger partial charge in [0.2, 0.25) is 0 Å². The van der Waals surface area contributed by atoms with E-state index in [0.717, 1.165) is 50.7 Å². The summed E-state index contributed by atoms with van der Waals surface area (Å²) in [4.78, 5) is 8.98. The van der Waals surface area contributed by atoms with E-state index in [1.165, 1.54) is 5.56 Å². The number of aromatic nitrogens is 2. The second-order valence-corrected chi connectivity index (χ2v) is 5.86. The van der Waals surface area contributed by atoms with Crippen LogP contribution in [0.2, 0.25) is 5.15 Å². The quantitative estimate of drug-likeness (QED) is 0.811. The van der Waals surface area contributed by atoms with Gasteiger partial charge in [-0.3, -0.25) is 9.80 Å². The van der Waals surface area contributed by atoms with Crippen LogP contribution >= 0.6 is 11.6 Å². The Kier molecular flexibility index (Phi) is 4.53. The van der Waals surface area contributed by atoms with Gasteiger partial charge < -0.3 is 4.52 Å². The van der Waals surface area contributed by atoms with Gasteiger partial charge in [-0.15, -0.1) is 0 Å². The third kappa shape index (κ3) is 4.03. The minimum atomic E-state index is 0.548. The summed E-state index contributed by atoms with van der Waals surface area (Å²) in [6, 6.07) is 5.89. The zero-order valence-electron chi connectivity index (χ0n) is 12.1. The van der Waals surface area contributed by atoms with E-state index in [-0.39, 0.29) is 0 Å². The van der Waals surface area contributed by atoms with Crippen molar-refractivity contribution in [3.63, 3.8) is 0 Å². The van der Waals surface area contributed by atoms with Crippen molar-refractivity contribution >= 4 is 11.6 Å². The molecule has 0 unspecified atom stereocenters. The number of halogens is 1. The molecule has 5 nitrogen and oxygen atoms in total. The summed E-state index contributed by atoms with van der Waals surface area (Å²) in [5.41, 5.74) is 2.22. The van der Waals surface area contributed by atoms with E-state index in [1.54, 1.807) is 0 Å². The lowest BCUT2D eigenvalue weighted by molar-refractivity contribution is 0.120. The van der Waals surface area contributed by atoms with Crippen LogP contribution in [0, 0.1) is 6.92 Å². The molecule has 1 aliphatic heterocycles. The fraction of sp³-hybridized carbons (Fsp3) is 0.467. The van der Waals surface area contributed by atoms with Crippen LogP contribution in [0.1, 0.15) is 17.0 Å². The van der Waals surface area contributed by atoms with Crippen LogP contribution in [0.25, 0.3) is 0 Å². The molecule has 0 radical (unpaired) electrons. The Balaban J connectivity index is 1.47. The first kappa shape index (κ1) is 14.5. The fourth-order valence-corrected chi connectivity index (χ4v) is 2.70. The molecule has 0 saturated carbocycles. The highest BCUT2D eigenvalue weighted by atomic mass is 35.5. The number of pyridine rings is 1. The van der Waals surface area contributed by atoms with E-state index in [9.17, 15) is 0 Å². The maximum Gasteiger partial charge on any atom is 0.133 e. The van der Waals surface area contributed by atoms with Gasteiger partial charge >= 0.3 is 0 Å². The Bertz CT molecular complexity index is 576. The standard InChI is InChI=1S/C15H19ClN4O/c1-12-8-14(18-21-12)11-20-6-4-19(5-7-20)10-13-2-3-15(16)17-9-13/h2-3,8-9H,4-7,10-11H2,1H3. The molecule has 0 aliphatic carbocycles. The van der Waals surface area contributed by atoms with E-state index >= 15 is 0 Å². The number of rotatable bonds is 4. The highest BCUT2D eigenvalue weighted by molar-refractivity contribution is 6.29. The molecule has 0 amide bonds. The summed E-state index contributed by atoms with van der Waals surface area (Å²) in [6.45, 7) is 7.93. The number of hydrogen-bond acceptors (Lipinski definition) is 5. The van der Waals surface area contributed by atoms with Gasteiger partial charge in [-0.05, 0) is 18.6 Å². The van der Waals surface area contributed by atoms with E-state index in [2.05, 4.69) is 19.9 Å². The highest BCUT2D eigenvalue weighted by Crippen LogP contribution is 2.12. The third-order valence-corrected chi connectivity index (χ3v) is 3.95. The summed E-state index contributed by atoms with van der Waals surface area (Å²) >= 11 is 5.81. The van der Waals surface area contributed by atoms with Gasteiger partial charge in [0.15, 0.2) is 0 Å². The second-order valence-electron chi connectivity index (χ2n) is 5.47. The Labute approximate surface area is 129 Å². The van der Waals surface area contributed by atoms with Crippen LogP contribution < -0.4 is 0 Å². The Hall–Kier alpha value is -1.43. The molecule has 0 aromatic carbocycles. The zero-order valence-corrected chi connectivity index (χ0v) is 12.9. The first-order chi connectivity index (χ1) is 10.2. The van der Waals surface area contributed by atoms with Crippen molar-refractivity contribution in [2.75, 3.05) is 26.2 Å². The summed E-state index contributed by atoms with van der Waals surface area (Å²) in [5.74, 6) is 0.874. The lowest BCUT2D eigenvalue weighted by atomic mass is 10.2. The van der Waals surface area contributed by atoms with Crippen molar-refractivity contribution in [1.82, 2.24) is 19.9 Å². The predicted octanol–water partition coefficient (Wildman–Crippen LogP) is 2.35. The monoisotopic (exact) mass is 306 g/mol. The number of hydrogen-bond donors (Lipinski definition) is 0. The van der Waals surface area contributed by atoms with Crippen molar-refractivity contribution in [2.24, 2.45) is 0 Å². The van der Waals surface area contributed by atoms with Gasteiger partial charge in [0.25, 0.3) is 0 Å². The van der Waals surface area contributed by atoms with Gasteiger partial charge in [-0.25, -0.2) is 4.98 Å². The van der Waals surface area contributed by atoms with E-state index in [0.29, 0.717) is 5.15 Å². The smallest absolute Gasteiger partial charge is 0.133 e. The molecule has 112 valence electrons. The molecule has 0 spiro atoms. The van der Waals surface area contributed by atoms with Crippen molar-refractivity contribution in [3.8, 4) is 0 Å². The molecule has 0 bridgehead atoms. The van der Waals surface area contributed by atoms with Gasteiger partial charge in [-0.1, -0.05) is 22.8 Å². The third-order valence-electron chi connectivity index (χ3n) is 3.72. The second kappa shape index (κ2) is 6.56. The topological polar surface area (TPSA) is 45.4 Å². The SMILES string of the molecule is Cc1cc(CN2CCN(Cc3ccc(Cl)nc3)CC2)no1. The van der Waals surface area contributed by atoms with Crippen molar-refractivity contribution in [2.45, 2.75) is 20.0 Å². The number of nitrogens with zero attached hydrogens (tertiary/aromatic N) is 4. The van der Waals surface area contributed by atoms with E-state index < -0.39 is 0 Å².